The van der Waals surface area contributed by atoms with Crippen LogP contribution in [0.2, 0.25) is 0 Å². The molecule has 4 heteroatoms. The number of allylic oxidation sites excluding steroid dienone is 2. The molecule has 0 saturated heterocycles. The van der Waals surface area contributed by atoms with Crippen LogP contribution in [-0.2, 0) is 4.74 Å². The maximum Gasteiger partial charge on any atom is 0.173 e. The summed E-state index contributed by atoms with van der Waals surface area (Å²) >= 11 is 3.17. The highest BCUT2D eigenvalue weighted by molar-refractivity contribution is 9.11. The van der Waals surface area contributed by atoms with Crippen molar-refractivity contribution in [2.75, 3.05) is 13.7 Å². The molecule has 0 rings (SSSR count). The van der Waals surface area contributed by atoms with Crippen molar-refractivity contribution in [3.05, 3.63) is 22.8 Å². The largest absolute Gasteiger partial charge is 0.486 e. The van der Waals surface area contributed by atoms with Crippen LogP contribution in [0.1, 0.15) is 0 Å². The number of aliphatic imine (C=N–C) groups is 1. The number of nitrogens with zero attached hydrogens (tertiary/aromatic N) is 1. The number of halogens is 1. The maximum atomic E-state index is 8.75. The zero-order chi connectivity index (χ0) is 8.69. The molecule has 0 atom stereocenters. The monoisotopic (exact) mass is 219 g/mol. The van der Waals surface area contributed by atoms with E-state index in [1.165, 1.54) is 13.5 Å². The van der Waals surface area contributed by atoms with Gasteiger partial charge in [-0.25, -0.2) is 4.99 Å². The van der Waals surface area contributed by atoms with Crippen LogP contribution in [0.25, 0.3) is 0 Å². The fraction of sp³-hybridized carbons (Fsp3) is 0.286. The summed E-state index contributed by atoms with van der Waals surface area (Å²) in [5.74, 6) is 0. The minimum atomic E-state index is -0.146. The standard InChI is InChI=1S/C7H10BrNO2/c1-3-6(8)7(4-10)9-5-11-2/h3,5,10H,1,4H2,2H3/b7-6+,9-5?. The predicted molar refractivity (Wildman–Crippen MR) is 48.7 cm³/mol. The minimum absolute atomic E-state index is 0.146. The Balaban J connectivity index is 4.38. The van der Waals surface area contributed by atoms with Gasteiger partial charge >= 0.3 is 0 Å². The first-order chi connectivity index (χ1) is 5.26. The van der Waals surface area contributed by atoms with Crippen molar-refractivity contribution in [1.82, 2.24) is 0 Å². The van der Waals surface area contributed by atoms with Crippen molar-refractivity contribution in [3.63, 3.8) is 0 Å². The SMILES string of the molecule is C=C/C(Br)=C(/CO)N=COC. The third-order valence-electron chi connectivity index (χ3n) is 0.919. The summed E-state index contributed by atoms with van der Waals surface area (Å²) in [5.41, 5.74) is 0.488. The molecule has 1 N–H and O–H groups in total. The van der Waals surface area contributed by atoms with Gasteiger partial charge in [-0.05, 0) is 15.9 Å². The van der Waals surface area contributed by atoms with Crippen molar-refractivity contribution in [3.8, 4) is 0 Å². The fourth-order valence-corrected chi connectivity index (χ4v) is 0.640. The Kier molecular flexibility index (Phi) is 5.78. The summed E-state index contributed by atoms with van der Waals surface area (Å²) in [6.45, 7) is 3.36. The molecule has 0 spiro atoms. The number of methoxy groups -OCH3 is 1. The third kappa shape index (κ3) is 3.95. The molecule has 11 heavy (non-hydrogen) atoms. The lowest BCUT2D eigenvalue weighted by molar-refractivity contribution is 0.328. The Hall–Kier alpha value is -0.610. The molecule has 0 aromatic heterocycles. The van der Waals surface area contributed by atoms with E-state index in [2.05, 4.69) is 32.2 Å². The molecule has 0 saturated carbocycles. The van der Waals surface area contributed by atoms with E-state index >= 15 is 0 Å². The number of ether oxygens (including phenoxy) is 1. The Morgan fingerprint density at radius 2 is 2.45 bits per heavy atom. The molecular formula is C7H10BrNO2. The third-order valence-corrected chi connectivity index (χ3v) is 1.70. The Labute approximate surface area is 74.2 Å². The average Bonchev–Trinajstić information content (AvgIpc) is 2.05. The highest BCUT2D eigenvalue weighted by Crippen LogP contribution is 2.12. The van der Waals surface area contributed by atoms with Crippen LogP contribution in [0.3, 0.4) is 0 Å². The summed E-state index contributed by atoms with van der Waals surface area (Å²) in [4.78, 5) is 3.80. The minimum Gasteiger partial charge on any atom is -0.486 e. The molecule has 0 amide bonds. The topological polar surface area (TPSA) is 41.8 Å². The molecular weight excluding hydrogens is 210 g/mol. The van der Waals surface area contributed by atoms with E-state index in [0.717, 1.165) is 0 Å². The molecule has 0 aromatic rings. The Bertz CT molecular complexity index is 187. The first-order valence-electron chi connectivity index (χ1n) is 2.93. The maximum absolute atomic E-state index is 8.75. The average molecular weight is 220 g/mol. The highest BCUT2D eigenvalue weighted by Gasteiger charge is 1.95. The Morgan fingerprint density at radius 3 is 2.82 bits per heavy atom. The van der Waals surface area contributed by atoms with E-state index in [9.17, 15) is 0 Å². The van der Waals surface area contributed by atoms with Crippen molar-refractivity contribution >= 4 is 22.3 Å². The lowest BCUT2D eigenvalue weighted by Crippen LogP contribution is -1.90. The molecule has 62 valence electrons. The lowest BCUT2D eigenvalue weighted by atomic mass is 10.4. The van der Waals surface area contributed by atoms with E-state index < -0.39 is 0 Å². The molecule has 0 bridgehead atoms. The van der Waals surface area contributed by atoms with Gasteiger partial charge in [0.1, 0.15) is 0 Å². The molecule has 0 aromatic carbocycles. The normalized spacial score (nSPS) is 13.0. The number of aliphatic hydroxyl groups excluding tert-OH is 1. The van der Waals surface area contributed by atoms with Crippen molar-refractivity contribution in [2.24, 2.45) is 4.99 Å². The van der Waals surface area contributed by atoms with Crippen molar-refractivity contribution < 1.29 is 9.84 Å². The molecule has 0 unspecified atom stereocenters. The van der Waals surface area contributed by atoms with Crippen LogP contribution in [0.5, 0.6) is 0 Å². The van der Waals surface area contributed by atoms with Gasteiger partial charge in [-0.2, -0.15) is 0 Å². The second-order valence-electron chi connectivity index (χ2n) is 1.63. The number of rotatable bonds is 4. The zero-order valence-electron chi connectivity index (χ0n) is 6.25. The van der Waals surface area contributed by atoms with Gasteiger partial charge in [-0.15, -0.1) is 0 Å². The van der Waals surface area contributed by atoms with Crippen LogP contribution in [-0.4, -0.2) is 25.2 Å². The number of hydrogen-bond acceptors (Lipinski definition) is 3. The van der Waals surface area contributed by atoms with Gasteiger partial charge in [0, 0.05) is 4.48 Å². The molecule has 0 heterocycles. The molecule has 0 aliphatic rings. The van der Waals surface area contributed by atoms with Crippen LogP contribution >= 0.6 is 15.9 Å². The van der Waals surface area contributed by atoms with Gasteiger partial charge in [0.15, 0.2) is 6.40 Å². The van der Waals surface area contributed by atoms with Gasteiger partial charge in [0.2, 0.25) is 0 Å². The van der Waals surface area contributed by atoms with Crippen LogP contribution in [0.4, 0.5) is 0 Å². The van der Waals surface area contributed by atoms with Gasteiger partial charge in [0.25, 0.3) is 0 Å². The highest BCUT2D eigenvalue weighted by atomic mass is 79.9. The number of hydrogen-bond donors (Lipinski definition) is 1. The van der Waals surface area contributed by atoms with Gasteiger partial charge < -0.3 is 9.84 Å². The van der Waals surface area contributed by atoms with E-state index in [1.807, 2.05) is 0 Å². The summed E-state index contributed by atoms with van der Waals surface area (Å²) in [7, 11) is 1.49. The van der Waals surface area contributed by atoms with Gasteiger partial charge in [-0.1, -0.05) is 12.7 Å². The molecule has 0 radical (unpaired) electrons. The predicted octanol–water partition coefficient (Wildman–Crippen LogP) is 1.45. The summed E-state index contributed by atoms with van der Waals surface area (Å²) in [6.07, 6.45) is 2.80. The fourth-order valence-electron chi connectivity index (χ4n) is 0.412. The molecule has 0 aliphatic carbocycles. The zero-order valence-corrected chi connectivity index (χ0v) is 7.84. The molecule has 3 nitrogen and oxygen atoms in total. The first kappa shape index (κ1) is 10.4. The van der Waals surface area contributed by atoms with Gasteiger partial charge in [0.05, 0.1) is 19.4 Å². The Morgan fingerprint density at radius 1 is 1.82 bits per heavy atom. The number of aliphatic hydroxyl groups is 1. The lowest BCUT2D eigenvalue weighted by Gasteiger charge is -1.96. The van der Waals surface area contributed by atoms with Crippen LogP contribution in [0, 0.1) is 0 Å². The second kappa shape index (κ2) is 6.12. The van der Waals surface area contributed by atoms with E-state index in [-0.39, 0.29) is 6.61 Å². The van der Waals surface area contributed by atoms with Crippen molar-refractivity contribution in [2.45, 2.75) is 0 Å². The summed E-state index contributed by atoms with van der Waals surface area (Å²) in [5, 5.41) is 8.75. The molecule has 0 aliphatic heterocycles. The second-order valence-corrected chi connectivity index (χ2v) is 2.48. The summed E-state index contributed by atoms with van der Waals surface area (Å²) < 4.78 is 5.24. The quantitative estimate of drug-likeness (QED) is 0.442. The molecule has 0 fully saturated rings. The van der Waals surface area contributed by atoms with E-state index in [1.54, 1.807) is 6.08 Å². The van der Waals surface area contributed by atoms with Gasteiger partial charge in [-0.3, -0.25) is 0 Å². The first-order valence-corrected chi connectivity index (χ1v) is 3.72. The smallest absolute Gasteiger partial charge is 0.173 e. The van der Waals surface area contributed by atoms with Crippen molar-refractivity contribution in [1.29, 1.82) is 0 Å². The summed E-state index contributed by atoms with van der Waals surface area (Å²) in [6, 6.07) is 0. The van der Waals surface area contributed by atoms with Crippen LogP contribution < -0.4 is 0 Å². The van der Waals surface area contributed by atoms with Crippen LogP contribution in [0.15, 0.2) is 27.8 Å². The van der Waals surface area contributed by atoms with E-state index in [0.29, 0.717) is 10.2 Å². The van der Waals surface area contributed by atoms with E-state index in [4.69, 9.17) is 5.11 Å².